The molecule has 2 N–H and O–H groups in total. The average molecular weight is 274 g/mol. The number of carbonyl (C=O) groups excluding carboxylic acids is 1. The number of hydrogen-bond acceptors (Lipinski definition) is 4. The fourth-order valence-corrected chi connectivity index (χ4v) is 3.32. The van der Waals surface area contributed by atoms with Crippen LogP contribution in [0.15, 0.2) is 18.3 Å². The molecule has 1 saturated heterocycles. The van der Waals surface area contributed by atoms with Crippen molar-refractivity contribution >= 4 is 11.7 Å². The van der Waals surface area contributed by atoms with Gasteiger partial charge in [-0.15, -0.1) is 0 Å². The Morgan fingerprint density at radius 2 is 1.90 bits per heavy atom. The van der Waals surface area contributed by atoms with Crippen molar-refractivity contribution in [3.63, 3.8) is 0 Å². The van der Waals surface area contributed by atoms with E-state index in [0.717, 1.165) is 32.2 Å². The van der Waals surface area contributed by atoms with Gasteiger partial charge >= 0.3 is 0 Å². The van der Waals surface area contributed by atoms with Crippen molar-refractivity contribution in [2.75, 3.05) is 31.9 Å². The summed E-state index contributed by atoms with van der Waals surface area (Å²) in [7, 11) is 0. The third kappa shape index (κ3) is 2.77. The molecule has 1 aromatic heterocycles. The average Bonchev–Trinajstić information content (AvgIpc) is 3.01. The molecule has 1 aliphatic carbocycles. The van der Waals surface area contributed by atoms with E-state index in [1.54, 1.807) is 18.3 Å². The molecular formula is C15H22N4O. The number of amides is 1. The van der Waals surface area contributed by atoms with Crippen LogP contribution in [0.4, 0.5) is 5.82 Å². The number of rotatable bonds is 2. The molecule has 0 radical (unpaired) electrons. The fraction of sp³-hybridized carbons (Fsp3) is 0.600. The van der Waals surface area contributed by atoms with E-state index in [1.807, 2.05) is 4.90 Å². The first-order valence-electron chi connectivity index (χ1n) is 7.49. The molecule has 1 aromatic rings. The zero-order valence-electron chi connectivity index (χ0n) is 11.8. The zero-order chi connectivity index (χ0) is 13.9. The van der Waals surface area contributed by atoms with E-state index in [-0.39, 0.29) is 5.91 Å². The van der Waals surface area contributed by atoms with Gasteiger partial charge in [-0.25, -0.2) is 4.98 Å². The number of hydrogen-bond donors (Lipinski definition) is 1. The Bertz CT molecular complexity index is 477. The zero-order valence-corrected chi connectivity index (χ0v) is 11.8. The molecule has 108 valence electrons. The molecule has 5 heteroatoms. The molecule has 5 nitrogen and oxygen atoms in total. The van der Waals surface area contributed by atoms with Crippen LogP contribution in [-0.4, -0.2) is 52.9 Å². The maximum Gasteiger partial charge on any atom is 0.254 e. The Kier molecular flexibility index (Phi) is 3.87. The highest BCUT2D eigenvalue weighted by atomic mass is 16.2. The van der Waals surface area contributed by atoms with Gasteiger partial charge in [-0.1, -0.05) is 12.8 Å². The van der Waals surface area contributed by atoms with Gasteiger partial charge in [-0.3, -0.25) is 9.69 Å². The highest BCUT2D eigenvalue weighted by molar-refractivity contribution is 5.94. The van der Waals surface area contributed by atoms with Gasteiger partial charge in [0.1, 0.15) is 5.82 Å². The molecule has 3 rings (SSSR count). The summed E-state index contributed by atoms with van der Waals surface area (Å²) < 4.78 is 0. The largest absolute Gasteiger partial charge is 0.384 e. The maximum atomic E-state index is 12.4. The van der Waals surface area contributed by atoms with Crippen LogP contribution in [0.5, 0.6) is 0 Å². The Balaban J connectivity index is 1.58. The van der Waals surface area contributed by atoms with Crippen molar-refractivity contribution in [1.29, 1.82) is 0 Å². The first-order valence-corrected chi connectivity index (χ1v) is 7.49. The Morgan fingerprint density at radius 3 is 2.55 bits per heavy atom. The molecule has 2 fully saturated rings. The van der Waals surface area contributed by atoms with E-state index >= 15 is 0 Å². The lowest BCUT2D eigenvalue weighted by molar-refractivity contribution is 0.0573. The van der Waals surface area contributed by atoms with Crippen molar-refractivity contribution in [3.05, 3.63) is 23.9 Å². The minimum Gasteiger partial charge on any atom is -0.384 e. The van der Waals surface area contributed by atoms with Crippen molar-refractivity contribution in [3.8, 4) is 0 Å². The fourth-order valence-electron chi connectivity index (χ4n) is 3.32. The predicted molar refractivity (Wildman–Crippen MR) is 78.4 cm³/mol. The van der Waals surface area contributed by atoms with Crippen molar-refractivity contribution in [1.82, 2.24) is 14.8 Å². The second kappa shape index (κ2) is 5.79. The molecule has 1 amide bonds. The van der Waals surface area contributed by atoms with Gasteiger partial charge in [0.25, 0.3) is 5.91 Å². The Hall–Kier alpha value is -1.62. The van der Waals surface area contributed by atoms with Gasteiger partial charge in [-0.05, 0) is 25.0 Å². The molecule has 0 spiro atoms. The van der Waals surface area contributed by atoms with E-state index in [2.05, 4.69) is 9.88 Å². The molecule has 20 heavy (non-hydrogen) atoms. The van der Waals surface area contributed by atoms with Crippen LogP contribution in [0.2, 0.25) is 0 Å². The molecule has 2 aliphatic rings. The van der Waals surface area contributed by atoms with Gasteiger partial charge in [-0.2, -0.15) is 0 Å². The van der Waals surface area contributed by atoms with Crippen LogP contribution in [0, 0.1) is 0 Å². The number of nitrogens with zero attached hydrogens (tertiary/aromatic N) is 3. The first kappa shape index (κ1) is 13.4. The van der Waals surface area contributed by atoms with Crippen LogP contribution in [-0.2, 0) is 0 Å². The van der Waals surface area contributed by atoms with E-state index in [4.69, 9.17) is 5.73 Å². The van der Waals surface area contributed by atoms with Gasteiger partial charge in [0, 0.05) is 44.0 Å². The van der Waals surface area contributed by atoms with Crippen molar-refractivity contribution < 1.29 is 4.79 Å². The van der Waals surface area contributed by atoms with Crippen LogP contribution >= 0.6 is 0 Å². The number of pyridine rings is 1. The van der Waals surface area contributed by atoms with Crippen LogP contribution < -0.4 is 5.73 Å². The smallest absolute Gasteiger partial charge is 0.254 e. The van der Waals surface area contributed by atoms with Crippen molar-refractivity contribution in [2.24, 2.45) is 0 Å². The summed E-state index contributed by atoms with van der Waals surface area (Å²) in [6, 6.07) is 4.15. The monoisotopic (exact) mass is 274 g/mol. The third-order valence-electron chi connectivity index (χ3n) is 4.47. The number of carbonyl (C=O) groups is 1. The van der Waals surface area contributed by atoms with E-state index < -0.39 is 0 Å². The summed E-state index contributed by atoms with van der Waals surface area (Å²) in [5.74, 6) is 0.477. The number of nitrogens with two attached hydrogens (primary N) is 1. The van der Waals surface area contributed by atoms with Crippen molar-refractivity contribution in [2.45, 2.75) is 31.7 Å². The maximum absolute atomic E-state index is 12.4. The summed E-state index contributed by atoms with van der Waals surface area (Å²) >= 11 is 0. The molecule has 1 aliphatic heterocycles. The second-order valence-electron chi connectivity index (χ2n) is 5.74. The van der Waals surface area contributed by atoms with Crippen LogP contribution in [0.25, 0.3) is 0 Å². The third-order valence-corrected chi connectivity index (χ3v) is 4.47. The Morgan fingerprint density at radius 1 is 1.20 bits per heavy atom. The number of anilines is 1. The van der Waals surface area contributed by atoms with E-state index in [0.29, 0.717) is 11.4 Å². The summed E-state index contributed by atoms with van der Waals surface area (Å²) in [5.41, 5.74) is 6.29. The summed E-state index contributed by atoms with van der Waals surface area (Å²) in [6.07, 6.45) is 6.97. The number of nitrogen functional groups attached to an aromatic ring is 1. The minimum absolute atomic E-state index is 0.0742. The molecule has 1 saturated carbocycles. The topological polar surface area (TPSA) is 62.5 Å². The minimum atomic E-state index is 0.0742. The van der Waals surface area contributed by atoms with E-state index in [9.17, 15) is 4.79 Å². The van der Waals surface area contributed by atoms with Gasteiger partial charge in [0.05, 0.1) is 0 Å². The molecule has 2 heterocycles. The molecule has 0 unspecified atom stereocenters. The lowest BCUT2D eigenvalue weighted by Crippen LogP contribution is -2.51. The van der Waals surface area contributed by atoms with Gasteiger partial charge in [0.2, 0.25) is 0 Å². The highest BCUT2D eigenvalue weighted by Crippen LogP contribution is 2.24. The van der Waals surface area contributed by atoms with E-state index in [1.165, 1.54) is 25.7 Å². The molecule has 0 bridgehead atoms. The summed E-state index contributed by atoms with van der Waals surface area (Å²) in [4.78, 5) is 20.8. The molecule has 0 atom stereocenters. The predicted octanol–water partition coefficient (Wildman–Crippen LogP) is 1.36. The van der Waals surface area contributed by atoms with Crippen LogP contribution in [0.1, 0.15) is 36.0 Å². The lowest BCUT2D eigenvalue weighted by atomic mass is 10.1. The Labute approximate surface area is 119 Å². The highest BCUT2D eigenvalue weighted by Gasteiger charge is 2.28. The number of piperazine rings is 1. The van der Waals surface area contributed by atoms with Crippen LogP contribution in [0.3, 0.4) is 0 Å². The number of aromatic nitrogens is 1. The lowest BCUT2D eigenvalue weighted by Gasteiger charge is -2.38. The first-order chi connectivity index (χ1) is 9.74. The van der Waals surface area contributed by atoms with Gasteiger partial charge < -0.3 is 10.6 Å². The normalized spacial score (nSPS) is 21.3. The summed E-state index contributed by atoms with van der Waals surface area (Å²) in [6.45, 7) is 3.63. The quantitative estimate of drug-likeness (QED) is 0.884. The SMILES string of the molecule is Nc1cc(C(=O)N2CCN(C3CCCC3)CC2)ccn1. The molecule has 0 aromatic carbocycles. The summed E-state index contributed by atoms with van der Waals surface area (Å²) in [5, 5.41) is 0. The molecular weight excluding hydrogens is 252 g/mol. The van der Waals surface area contributed by atoms with Gasteiger partial charge in [0.15, 0.2) is 0 Å². The second-order valence-corrected chi connectivity index (χ2v) is 5.74. The standard InChI is InChI=1S/C15H22N4O/c16-14-11-12(5-6-17-14)15(20)19-9-7-18(8-10-19)13-3-1-2-4-13/h5-6,11,13H,1-4,7-10H2,(H2,16,17).